The van der Waals surface area contributed by atoms with Crippen LogP contribution in [-0.2, 0) is 0 Å². The minimum absolute atomic E-state index is 0.240. The van der Waals surface area contributed by atoms with Crippen LogP contribution in [0.2, 0.25) is 0 Å². The summed E-state index contributed by atoms with van der Waals surface area (Å²) in [6.45, 7) is 6.38. The first-order valence-electron chi connectivity index (χ1n) is 4.83. The van der Waals surface area contributed by atoms with Gasteiger partial charge in [-0.15, -0.1) is 0 Å². The predicted molar refractivity (Wildman–Crippen MR) is 55.7 cm³/mol. The maximum atomic E-state index is 11.6. The topological polar surface area (TPSA) is 22.0 Å². The van der Waals surface area contributed by atoms with Gasteiger partial charge in [-0.2, -0.15) is 0 Å². The quantitative estimate of drug-likeness (QED) is 0.714. The summed E-state index contributed by atoms with van der Waals surface area (Å²) in [4.78, 5) is 13.1. The Labute approximate surface area is 82.2 Å². The van der Waals surface area contributed by atoms with Gasteiger partial charge in [0.05, 0.1) is 0 Å². The van der Waals surface area contributed by atoms with E-state index in [0.717, 1.165) is 0 Å². The molecule has 1 fully saturated rings. The normalized spacial score (nSPS) is 16.9. The van der Waals surface area contributed by atoms with Crippen molar-refractivity contribution in [1.29, 1.82) is 0 Å². The van der Waals surface area contributed by atoms with E-state index >= 15 is 0 Å². The van der Waals surface area contributed by atoms with Gasteiger partial charge in [-0.05, 0) is 25.7 Å². The molecule has 0 aromatic carbocycles. The van der Waals surface area contributed by atoms with E-state index in [1.54, 1.807) is 0 Å². The molecule has 2 nitrogen and oxygen atoms in total. The van der Waals surface area contributed by atoms with Gasteiger partial charge >= 0.3 is 4.87 Å². The van der Waals surface area contributed by atoms with Crippen LogP contribution in [0.3, 0.4) is 0 Å². The van der Waals surface area contributed by atoms with Crippen LogP contribution in [0, 0.1) is 6.92 Å². The molecule has 0 amide bonds. The number of rotatable bonds is 2. The third kappa shape index (κ3) is 1.46. The first-order valence-corrected chi connectivity index (χ1v) is 5.64. The van der Waals surface area contributed by atoms with Crippen molar-refractivity contribution in [2.45, 2.75) is 45.6 Å². The summed E-state index contributed by atoms with van der Waals surface area (Å²) < 4.78 is 2.02. The van der Waals surface area contributed by atoms with Crippen LogP contribution in [0.15, 0.2) is 4.79 Å². The molecule has 0 unspecified atom stereocenters. The lowest BCUT2D eigenvalue weighted by atomic mass is 10.1. The fraction of sp³-hybridized carbons (Fsp3) is 0.700. The van der Waals surface area contributed by atoms with E-state index in [-0.39, 0.29) is 4.87 Å². The van der Waals surface area contributed by atoms with Gasteiger partial charge in [0.25, 0.3) is 0 Å². The molecule has 1 saturated carbocycles. The van der Waals surface area contributed by atoms with Crippen molar-refractivity contribution < 1.29 is 0 Å². The van der Waals surface area contributed by atoms with Crippen molar-refractivity contribution >= 4 is 11.3 Å². The summed E-state index contributed by atoms with van der Waals surface area (Å²) >= 11 is 1.40. The highest BCUT2D eigenvalue weighted by Gasteiger charge is 2.29. The third-order valence-corrected chi connectivity index (χ3v) is 3.40. The number of hydrogen-bond acceptors (Lipinski definition) is 2. The summed E-state index contributed by atoms with van der Waals surface area (Å²) in [6, 6.07) is 0.523. The largest absolute Gasteiger partial charge is 0.307 e. The van der Waals surface area contributed by atoms with Gasteiger partial charge in [0, 0.05) is 16.6 Å². The molecule has 0 spiro atoms. The molecule has 1 aliphatic rings. The first kappa shape index (κ1) is 9.00. The highest BCUT2D eigenvalue weighted by Crippen LogP contribution is 2.37. The summed E-state index contributed by atoms with van der Waals surface area (Å²) in [6.07, 6.45) is 2.38. The zero-order valence-electron chi connectivity index (χ0n) is 8.33. The Balaban J connectivity index is 2.56. The number of nitrogens with zero attached hydrogens (tertiary/aromatic N) is 1. The number of aromatic nitrogens is 1. The number of aryl methyl sites for hydroxylation is 1. The molecule has 1 aromatic heterocycles. The van der Waals surface area contributed by atoms with Crippen molar-refractivity contribution in [1.82, 2.24) is 4.57 Å². The smallest absolute Gasteiger partial charge is 0.299 e. The maximum Gasteiger partial charge on any atom is 0.307 e. The Bertz CT molecular complexity index is 371. The van der Waals surface area contributed by atoms with Gasteiger partial charge in [0.1, 0.15) is 0 Å². The molecule has 0 radical (unpaired) electrons. The van der Waals surface area contributed by atoms with Gasteiger partial charge in [0.2, 0.25) is 0 Å². The van der Waals surface area contributed by atoms with Crippen molar-refractivity contribution in [3.05, 3.63) is 20.2 Å². The Kier molecular flexibility index (Phi) is 2.06. The molecule has 2 rings (SSSR count). The average Bonchev–Trinajstić information content (AvgIpc) is 2.77. The summed E-state index contributed by atoms with van der Waals surface area (Å²) in [5.74, 6) is 0.472. The van der Waals surface area contributed by atoms with Gasteiger partial charge in [-0.25, -0.2) is 0 Å². The van der Waals surface area contributed by atoms with Crippen molar-refractivity contribution in [2.75, 3.05) is 0 Å². The second-order valence-corrected chi connectivity index (χ2v) is 5.23. The Hall–Kier alpha value is -0.570. The Morgan fingerprint density at radius 1 is 1.46 bits per heavy atom. The highest BCUT2D eigenvalue weighted by atomic mass is 32.1. The lowest BCUT2D eigenvalue weighted by molar-refractivity contribution is 0.640. The zero-order valence-corrected chi connectivity index (χ0v) is 9.15. The monoisotopic (exact) mass is 197 g/mol. The van der Waals surface area contributed by atoms with Crippen molar-refractivity contribution in [3.8, 4) is 0 Å². The fourth-order valence-electron chi connectivity index (χ4n) is 1.86. The lowest BCUT2D eigenvalue weighted by Crippen LogP contribution is -2.15. The van der Waals surface area contributed by atoms with E-state index in [9.17, 15) is 4.79 Å². The van der Waals surface area contributed by atoms with Crippen LogP contribution in [0.5, 0.6) is 0 Å². The maximum absolute atomic E-state index is 11.6. The highest BCUT2D eigenvalue weighted by molar-refractivity contribution is 7.09. The standard InChI is InChI=1S/C10H15NOS/c1-6(2)9-7(3)13-10(12)11(9)8-4-5-8/h6,8H,4-5H2,1-3H3. The molecular formula is C10H15NOS. The molecule has 1 aliphatic carbocycles. The van der Waals surface area contributed by atoms with Crippen LogP contribution in [0.25, 0.3) is 0 Å². The van der Waals surface area contributed by atoms with E-state index in [4.69, 9.17) is 0 Å². The summed E-state index contributed by atoms with van der Waals surface area (Å²) in [5.41, 5.74) is 1.26. The van der Waals surface area contributed by atoms with Crippen molar-refractivity contribution in [3.63, 3.8) is 0 Å². The molecule has 13 heavy (non-hydrogen) atoms. The number of hydrogen-bond donors (Lipinski definition) is 0. The van der Waals surface area contributed by atoms with Crippen LogP contribution in [0.1, 0.15) is 49.2 Å². The van der Waals surface area contributed by atoms with Crippen LogP contribution >= 0.6 is 11.3 Å². The van der Waals surface area contributed by atoms with E-state index in [0.29, 0.717) is 12.0 Å². The van der Waals surface area contributed by atoms with Gasteiger partial charge in [-0.1, -0.05) is 25.2 Å². The molecule has 0 bridgehead atoms. The fourth-order valence-corrected chi connectivity index (χ4v) is 2.91. The first-order chi connectivity index (χ1) is 6.11. The van der Waals surface area contributed by atoms with E-state index in [1.807, 2.05) is 4.57 Å². The molecule has 72 valence electrons. The Morgan fingerprint density at radius 3 is 2.54 bits per heavy atom. The molecule has 3 heteroatoms. The molecule has 0 aliphatic heterocycles. The SMILES string of the molecule is Cc1sc(=O)n(C2CC2)c1C(C)C. The van der Waals surface area contributed by atoms with Crippen LogP contribution in [-0.4, -0.2) is 4.57 Å². The Morgan fingerprint density at radius 2 is 2.08 bits per heavy atom. The van der Waals surface area contributed by atoms with Crippen molar-refractivity contribution in [2.24, 2.45) is 0 Å². The molecule has 0 saturated heterocycles. The van der Waals surface area contributed by atoms with Crippen LogP contribution in [0.4, 0.5) is 0 Å². The van der Waals surface area contributed by atoms with Crippen LogP contribution < -0.4 is 4.87 Å². The molecule has 0 atom stereocenters. The van der Waals surface area contributed by atoms with E-state index < -0.39 is 0 Å². The van der Waals surface area contributed by atoms with Gasteiger partial charge in [0.15, 0.2) is 0 Å². The third-order valence-electron chi connectivity index (χ3n) is 2.52. The minimum Gasteiger partial charge on any atom is -0.299 e. The minimum atomic E-state index is 0.240. The lowest BCUT2D eigenvalue weighted by Gasteiger charge is -2.10. The molecule has 1 aromatic rings. The second kappa shape index (κ2) is 2.98. The molecule has 0 N–H and O–H groups in total. The zero-order chi connectivity index (χ0) is 9.59. The average molecular weight is 197 g/mol. The van der Waals surface area contributed by atoms with Gasteiger partial charge < -0.3 is 0 Å². The second-order valence-electron chi connectivity index (χ2n) is 4.07. The summed E-state index contributed by atoms with van der Waals surface area (Å²) in [5, 5.41) is 0. The van der Waals surface area contributed by atoms with Gasteiger partial charge in [-0.3, -0.25) is 9.36 Å². The summed E-state index contributed by atoms with van der Waals surface area (Å²) in [7, 11) is 0. The number of thiazole rings is 1. The van der Waals surface area contributed by atoms with E-state index in [2.05, 4.69) is 20.8 Å². The molecule has 1 heterocycles. The molecular weight excluding hydrogens is 182 g/mol. The van der Waals surface area contributed by atoms with E-state index in [1.165, 1.54) is 34.7 Å². The predicted octanol–water partition coefficient (Wildman–Crippen LogP) is 2.68.